The predicted molar refractivity (Wildman–Crippen MR) is 211 cm³/mol. The van der Waals surface area contributed by atoms with Gasteiger partial charge in [0.05, 0.1) is 18.9 Å². The van der Waals surface area contributed by atoms with E-state index in [0.29, 0.717) is 42.3 Å². The molecule has 2 aliphatic heterocycles. The highest BCUT2D eigenvalue weighted by Gasteiger charge is 2.62. The number of sulfonamides is 1. The van der Waals surface area contributed by atoms with Gasteiger partial charge in [-0.15, -0.1) is 6.58 Å². The van der Waals surface area contributed by atoms with Crippen molar-refractivity contribution in [2.45, 2.75) is 133 Å². The summed E-state index contributed by atoms with van der Waals surface area (Å²) in [6.45, 7) is 9.49. The molecule has 1 aromatic carbocycles. The average molecular weight is 810 g/mol. The molecule has 0 spiro atoms. The molecule has 3 saturated carbocycles. The lowest BCUT2D eigenvalue weighted by atomic mass is 9.85. The van der Waals surface area contributed by atoms with Gasteiger partial charge in [-0.25, -0.2) is 13.2 Å². The van der Waals surface area contributed by atoms with Crippen LogP contribution in [0.3, 0.4) is 0 Å². The lowest BCUT2D eigenvalue weighted by Gasteiger charge is -2.35. The summed E-state index contributed by atoms with van der Waals surface area (Å²) in [5.41, 5.74) is -2.65. The zero-order chi connectivity index (χ0) is 40.9. The molecule has 3 heterocycles. The fourth-order valence-electron chi connectivity index (χ4n) is 8.76. The van der Waals surface area contributed by atoms with E-state index in [-0.39, 0.29) is 42.8 Å². The molecule has 1 aromatic heterocycles. The summed E-state index contributed by atoms with van der Waals surface area (Å²) in [5, 5.41) is 6.08. The van der Waals surface area contributed by atoms with Gasteiger partial charge in [0.1, 0.15) is 35.6 Å². The van der Waals surface area contributed by atoms with Crippen molar-refractivity contribution in [3.63, 3.8) is 0 Å². The summed E-state index contributed by atoms with van der Waals surface area (Å²) in [6, 6.07) is 4.67. The van der Waals surface area contributed by atoms with Gasteiger partial charge >= 0.3 is 6.09 Å². The molecule has 310 valence electrons. The number of alkyl carbamates (subject to hydrolysis) is 1. The molecule has 4 amide bonds. The number of nitrogens with one attached hydrogen (secondary N) is 3. The minimum Gasteiger partial charge on any atom is -0.497 e. The van der Waals surface area contributed by atoms with E-state index >= 15 is 0 Å². The van der Waals surface area contributed by atoms with Crippen LogP contribution in [-0.4, -0.2) is 90.4 Å². The van der Waals surface area contributed by atoms with Crippen LogP contribution in [0.1, 0.15) is 91.4 Å². The molecule has 1 saturated heterocycles. The first kappa shape index (κ1) is 40.6. The van der Waals surface area contributed by atoms with Gasteiger partial charge in [-0.3, -0.25) is 28.5 Å². The van der Waals surface area contributed by atoms with Crippen LogP contribution in [0.25, 0.3) is 10.8 Å². The fourth-order valence-corrected chi connectivity index (χ4v) is 10.1. The SMILES string of the molecule is C=C[C@@H]1C[C@]1(NC(=O)[C@@H]1C[C@@H]2CN1C(=O)[C@H](C(C)(C)C)NC(=O)O[C@@H]1CCC[C@H]1CCCCCn1c(cc3cc(OC)ccc3c1=O)O2)C(=O)NS(=O)(=O)C1CC1. The molecule has 7 rings (SSSR count). The molecule has 3 aliphatic carbocycles. The Labute approximate surface area is 333 Å². The van der Waals surface area contributed by atoms with Crippen LogP contribution < -0.4 is 30.4 Å². The first-order valence-electron chi connectivity index (χ1n) is 20.2. The number of ether oxygens (including phenoxy) is 3. The van der Waals surface area contributed by atoms with Gasteiger partial charge in [0.2, 0.25) is 21.8 Å². The van der Waals surface area contributed by atoms with E-state index in [4.69, 9.17) is 14.2 Å². The number of nitrogens with zero attached hydrogens (tertiary/aromatic N) is 2. The molecular weight excluding hydrogens is 755 g/mol. The minimum absolute atomic E-state index is 0.0240. The van der Waals surface area contributed by atoms with Crippen molar-refractivity contribution >= 4 is 44.6 Å². The van der Waals surface area contributed by atoms with Crippen molar-refractivity contribution in [1.82, 2.24) is 24.8 Å². The smallest absolute Gasteiger partial charge is 0.408 e. The van der Waals surface area contributed by atoms with Gasteiger partial charge in [0, 0.05) is 30.3 Å². The van der Waals surface area contributed by atoms with Crippen molar-refractivity contribution in [1.29, 1.82) is 0 Å². The van der Waals surface area contributed by atoms with E-state index < -0.39 is 74.1 Å². The minimum atomic E-state index is -3.92. The molecule has 15 nitrogen and oxygen atoms in total. The van der Waals surface area contributed by atoms with Gasteiger partial charge in [-0.2, -0.15) is 0 Å². The van der Waals surface area contributed by atoms with Crippen molar-refractivity contribution < 1.29 is 41.8 Å². The second-order valence-electron chi connectivity index (χ2n) is 17.5. The number of carbonyl (C=O) groups excluding carboxylic acids is 4. The number of amides is 4. The Morgan fingerprint density at radius 2 is 1.77 bits per heavy atom. The number of hydrogen-bond donors (Lipinski definition) is 3. The van der Waals surface area contributed by atoms with Crippen LogP contribution in [0.2, 0.25) is 0 Å². The largest absolute Gasteiger partial charge is 0.497 e. The summed E-state index contributed by atoms with van der Waals surface area (Å²) < 4.78 is 47.4. The first-order valence-corrected chi connectivity index (χ1v) is 21.8. The molecule has 0 radical (unpaired) electrons. The number of carbonyl (C=O) groups is 4. The van der Waals surface area contributed by atoms with Crippen molar-refractivity contribution in [2.24, 2.45) is 17.3 Å². The van der Waals surface area contributed by atoms with Crippen LogP contribution in [0.15, 0.2) is 41.7 Å². The van der Waals surface area contributed by atoms with Crippen LogP contribution in [0.4, 0.5) is 4.79 Å². The highest BCUT2D eigenvalue weighted by Crippen LogP contribution is 2.46. The van der Waals surface area contributed by atoms with E-state index in [1.54, 1.807) is 56.7 Å². The molecule has 16 heteroatoms. The summed E-state index contributed by atoms with van der Waals surface area (Å²) >= 11 is 0. The van der Waals surface area contributed by atoms with E-state index in [2.05, 4.69) is 21.9 Å². The van der Waals surface area contributed by atoms with Crippen LogP contribution in [-0.2, 0) is 35.7 Å². The van der Waals surface area contributed by atoms with Gasteiger partial charge in [0.15, 0.2) is 5.88 Å². The molecule has 3 N–H and O–H groups in total. The molecule has 5 aliphatic rings. The maximum absolute atomic E-state index is 14.8. The summed E-state index contributed by atoms with van der Waals surface area (Å²) in [5.74, 6) is -1.62. The zero-order valence-electron chi connectivity index (χ0n) is 33.2. The Balaban J connectivity index is 1.25. The van der Waals surface area contributed by atoms with Crippen LogP contribution >= 0.6 is 0 Å². The van der Waals surface area contributed by atoms with Gasteiger partial charge < -0.3 is 29.7 Å². The van der Waals surface area contributed by atoms with E-state index in [1.165, 1.54) is 11.0 Å². The predicted octanol–water partition coefficient (Wildman–Crippen LogP) is 3.91. The number of pyridine rings is 1. The summed E-state index contributed by atoms with van der Waals surface area (Å²) in [6.07, 6.45) is 6.56. The second kappa shape index (κ2) is 15.6. The van der Waals surface area contributed by atoms with E-state index in [0.717, 1.165) is 38.5 Å². The molecule has 2 aromatic rings. The Morgan fingerprint density at radius 3 is 2.46 bits per heavy atom. The van der Waals surface area contributed by atoms with Crippen molar-refractivity contribution in [2.75, 3.05) is 13.7 Å². The Bertz CT molecular complexity index is 2110. The van der Waals surface area contributed by atoms with Crippen LogP contribution in [0.5, 0.6) is 11.6 Å². The summed E-state index contributed by atoms with van der Waals surface area (Å²) in [4.78, 5) is 71.7. The topological polar surface area (TPSA) is 191 Å². The van der Waals surface area contributed by atoms with Crippen molar-refractivity contribution in [3.05, 3.63) is 47.3 Å². The highest BCUT2D eigenvalue weighted by atomic mass is 32.2. The zero-order valence-corrected chi connectivity index (χ0v) is 34.0. The molecule has 57 heavy (non-hydrogen) atoms. The number of benzene rings is 1. The number of rotatable bonds is 7. The summed E-state index contributed by atoms with van der Waals surface area (Å²) in [7, 11) is -2.38. The number of aromatic nitrogens is 1. The number of hydrogen-bond acceptors (Lipinski definition) is 10. The number of fused-ring (bicyclic) bond motifs is 5. The third kappa shape index (κ3) is 8.37. The fraction of sp³-hybridized carbons (Fsp3) is 0.634. The number of methoxy groups -OCH3 is 1. The maximum atomic E-state index is 14.8. The monoisotopic (exact) mass is 809 g/mol. The third-order valence-corrected chi connectivity index (χ3v) is 14.2. The average Bonchev–Trinajstić information content (AvgIpc) is 4.05. The molecule has 4 fully saturated rings. The van der Waals surface area contributed by atoms with E-state index in [1.807, 2.05) is 0 Å². The van der Waals surface area contributed by atoms with Crippen LogP contribution in [0, 0.1) is 17.3 Å². The van der Waals surface area contributed by atoms with Gasteiger partial charge in [0.25, 0.3) is 11.5 Å². The lowest BCUT2D eigenvalue weighted by molar-refractivity contribution is -0.143. The quantitative estimate of drug-likeness (QED) is 0.346. The van der Waals surface area contributed by atoms with E-state index in [9.17, 15) is 32.4 Å². The Morgan fingerprint density at radius 1 is 1.02 bits per heavy atom. The lowest BCUT2D eigenvalue weighted by Crippen LogP contribution is -2.60. The maximum Gasteiger partial charge on any atom is 0.408 e. The Kier molecular flexibility index (Phi) is 11.1. The molecule has 2 bridgehead atoms. The normalized spacial score (nSPS) is 29.7. The molecule has 7 atom stereocenters. The van der Waals surface area contributed by atoms with Gasteiger partial charge in [-0.05, 0) is 86.3 Å². The third-order valence-electron chi connectivity index (χ3n) is 12.3. The second-order valence-corrected chi connectivity index (χ2v) is 19.4. The highest BCUT2D eigenvalue weighted by molar-refractivity contribution is 7.91. The molecule has 0 unspecified atom stereocenters. The standard InChI is InChI=1S/C41H55N5O10S/c1-6-26-22-41(26,38(50)44-57(52,53)29-15-16-29)43-35(47)31-21-28-23-46(31)37(49)34(40(2,3)4)42-39(51)56-32-13-10-12-24(32)11-8-7-9-18-45-33(55-28)20-25-19-27(54-5)14-17-30(25)36(45)48/h6,14,17,19-20,24,26,28-29,31-32,34H,1,7-13,15-16,18,21-23H2,2-5H3,(H,42,51)(H,43,47)(H,44,50)/t24-,26-,28-,31+,32-,34-,41-/m1/s1. The molecular formula is C41H55N5O10S. The van der Waals surface area contributed by atoms with Gasteiger partial charge in [-0.1, -0.05) is 39.7 Å². The van der Waals surface area contributed by atoms with Crippen molar-refractivity contribution in [3.8, 4) is 11.6 Å². The Hall–Kier alpha value is -4.60. The first-order chi connectivity index (χ1) is 27.0.